The van der Waals surface area contributed by atoms with Gasteiger partial charge in [-0.2, -0.15) is 0 Å². The van der Waals surface area contributed by atoms with Crippen LogP contribution in [0.5, 0.6) is 0 Å². The number of benzene rings is 3. The lowest BCUT2D eigenvalue weighted by Crippen LogP contribution is -2.64. The highest BCUT2D eigenvalue weighted by Crippen LogP contribution is 2.17. The highest BCUT2D eigenvalue weighted by molar-refractivity contribution is 7.10. The summed E-state index contributed by atoms with van der Waals surface area (Å²) in [5, 5.41) is 3.98. The van der Waals surface area contributed by atoms with Crippen molar-refractivity contribution >= 4 is 23.6 Å². The van der Waals surface area contributed by atoms with E-state index in [2.05, 4.69) is 90.4 Å². The Bertz CT molecular complexity index is 1080. The first-order chi connectivity index (χ1) is 14.4. The van der Waals surface area contributed by atoms with E-state index in [0.717, 1.165) is 11.3 Å². The lowest BCUT2D eigenvalue weighted by molar-refractivity contribution is 1.27. The molecule has 2 heteroatoms. The molecule has 3 aromatic carbocycles. The van der Waals surface area contributed by atoms with Crippen molar-refractivity contribution in [2.75, 3.05) is 0 Å². The Morgan fingerprint density at radius 2 is 1.33 bits per heavy atom. The van der Waals surface area contributed by atoms with Gasteiger partial charge in [-0.3, -0.25) is 4.98 Å². The number of hydrogen-bond acceptors (Lipinski definition) is 1. The second-order valence-corrected chi connectivity index (χ2v) is 10.9. The predicted octanol–water partition coefficient (Wildman–Crippen LogP) is 4.16. The summed E-state index contributed by atoms with van der Waals surface area (Å²) in [7, 11) is -2.20. The highest BCUT2D eigenvalue weighted by Gasteiger charge is 2.34. The van der Waals surface area contributed by atoms with E-state index in [1.54, 1.807) is 12.1 Å². The molecule has 0 saturated heterocycles. The molecule has 0 aliphatic carbocycles. The van der Waals surface area contributed by atoms with E-state index in [0.29, 0.717) is 0 Å². The largest absolute Gasteiger partial charge is 0.256 e. The molecule has 1 nitrogen and oxygen atoms in total. The number of nitrogens with zero attached hydrogens (tertiary/aromatic N) is 1. The average Bonchev–Trinajstić information content (AvgIpc) is 2.79. The Hall–Kier alpha value is -2.97. The maximum absolute atomic E-state index is 7.55. The molecule has 4 aromatic rings. The summed E-state index contributed by atoms with van der Waals surface area (Å²) < 4.78 is 22.7. The summed E-state index contributed by atoms with van der Waals surface area (Å²) in [4.78, 5) is 4.44. The number of aromatic nitrogens is 1. The van der Waals surface area contributed by atoms with Crippen molar-refractivity contribution in [2.24, 2.45) is 0 Å². The Labute approximate surface area is 166 Å². The van der Waals surface area contributed by atoms with Crippen LogP contribution in [0.2, 0.25) is 6.55 Å². The summed E-state index contributed by atoms with van der Waals surface area (Å²) in [5.74, 6) is 0. The second-order valence-electron chi connectivity index (χ2n) is 6.87. The molecule has 0 unspecified atom stereocenters. The second kappa shape index (κ2) is 7.34. The van der Waals surface area contributed by atoms with Crippen molar-refractivity contribution in [1.82, 2.24) is 4.98 Å². The molecular formula is C25H23NSi. The SMILES string of the molecule is [2H]C([2H])([2H])c1ccc(-c2cccc([Si](C)(c3ccccc3)c3ccccc3)c2)nc1. The minimum Gasteiger partial charge on any atom is -0.256 e. The van der Waals surface area contributed by atoms with Crippen LogP contribution < -0.4 is 15.6 Å². The fourth-order valence-corrected chi connectivity index (χ4v) is 7.19. The van der Waals surface area contributed by atoms with Crippen LogP contribution in [0.15, 0.2) is 103 Å². The molecule has 0 spiro atoms. The van der Waals surface area contributed by atoms with E-state index in [1.165, 1.54) is 21.8 Å². The lowest BCUT2D eigenvalue weighted by atomic mass is 10.1. The van der Waals surface area contributed by atoms with Crippen molar-refractivity contribution in [3.63, 3.8) is 0 Å². The molecule has 27 heavy (non-hydrogen) atoms. The first kappa shape index (κ1) is 14.1. The molecule has 0 N–H and O–H groups in total. The van der Waals surface area contributed by atoms with Crippen LogP contribution in [0, 0.1) is 6.85 Å². The molecule has 1 heterocycles. The summed E-state index contributed by atoms with van der Waals surface area (Å²) in [6.45, 7) is 0.238. The summed E-state index contributed by atoms with van der Waals surface area (Å²) in [6, 6.07) is 33.3. The number of rotatable bonds is 4. The topological polar surface area (TPSA) is 12.9 Å². The molecule has 0 bridgehead atoms. The van der Waals surface area contributed by atoms with Gasteiger partial charge in [-0.05, 0) is 34.0 Å². The smallest absolute Gasteiger partial charge is 0.145 e. The van der Waals surface area contributed by atoms with Gasteiger partial charge in [0.2, 0.25) is 0 Å². The van der Waals surface area contributed by atoms with E-state index in [-0.39, 0.29) is 5.56 Å². The van der Waals surface area contributed by atoms with Gasteiger partial charge in [-0.1, -0.05) is 97.5 Å². The van der Waals surface area contributed by atoms with Gasteiger partial charge in [0.1, 0.15) is 8.07 Å². The zero-order chi connectivity index (χ0) is 21.2. The number of aryl methyl sites for hydroxylation is 1. The Morgan fingerprint density at radius 1 is 0.704 bits per heavy atom. The average molecular weight is 369 g/mol. The molecular weight excluding hydrogens is 342 g/mol. The fraction of sp³-hybridized carbons (Fsp3) is 0.0800. The minimum absolute atomic E-state index is 0.259. The Morgan fingerprint density at radius 3 is 1.89 bits per heavy atom. The van der Waals surface area contributed by atoms with Gasteiger partial charge in [-0.15, -0.1) is 0 Å². The Kier molecular flexibility index (Phi) is 3.84. The van der Waals surface area contributed by atoms with Crippen LogP contribution >= 0.6 is 0 Å². The molecule has 0 saturated carbocycles. The van der Waals surface area contributed by atoms with Crippen molar-refractivity contribution in [2.45, 2.75) is 13.4 Å². The third-order valence-corrected chi connectivity index (χ3v) is 9.64. The van der Waals surface area contributed by atoms with Gasteiger partial charge in [0, 0.05) is 15.9 Å². The molecule has 0 fully saturated rings. The maximum Gasteiger partial charge on any atom is 0.145 e. The maximum atomic E-state index is 7.55. The standard InChI is InChI=1S/C25H23NSi/c1-20-16-17-25(26-19-20)21-10-9-15-24(18-21)27(2,22-11-5-3-6-12-22)23-13-7-4-8-14-23/h3-19H,1-2H3/i1D3. The molecule has 0 radical (unpaired) electrons. The first-order valence-corrected chi connectivity index (χ1v) is 11.6. The van der Waals surface area contributed by atoms with Crippen molar-refractivity contribution in [3.8, 4) is 11.3 Å². The predicted molar refractivity (Wildman–Crippen MR) is 118 cm³/mol. The van der Waals surface area contributed by atoms with Crippen LogP contribution in [-0.4, -0.2) is 13.1 Å². The third kappa shape index (κ3) is 3.36. The summed E-state index contributed by atoms with van der Waals surface area (Å²) in [5.41, 5.74) is 2.03. The third-order valence-electron chi connectivity index (χ3n) is 5.20. The van der Waals surface area contributed by atoms with Crippen LogP contribution in [-0.2, 0) is 0 Å². The van der Waals surface area contributed by atoms with Crippen LogP contribution in [0.1, 0.15) is 9.68 Å². The lowest BCUT2D eigenvalue weighted by Gasteiger charge is -2.30. The van der Waals surface area contributed by atoms with Crippen molar-refractivity contribution < 1.29 is 4.11 Å². The van der Waals surface area contributed by atoms with Crippen LogP contribution in [0.4, 0.5) is 0 Å². The van der Waals surface area contributed by atoms with Crippen molar-refractivity contribution in [1.29, 1.82) is 0 Å². The molecule has 0 amide bonds. The first-order valence-electron chi connectivity index (χ1n) is 10.6. The zero-order valence-corrected chi connectivity index (χ0v) is 16.3. The normalized spacial score (nSPS) is 13.4. The summed E-state index contributed by atoms with van der Waals surface area (Å²) in [6.07, 6.45) is 1.46. The molecule has 0 aliphatic rings. The van der Waals surface area contributed by atoms with E-state index in [1.807, 2.05) is 6.07 Å². The summed E-state index contributed by atoms with van der Waals surface area (Å²) >= 11 is 0. The number of hydrogen-bond donors (Lipinski definition) is 0. The van der Waals surface area contributed by atoms with E-state index < -0.39 is 14.9 Å². The zero-order valence-electron chi connectivity index (χ0n) is 18.3. The van der Waals surface area contributed by atoms with Gasteiger partial charge < -0.3 is 0 Å². The van der Waals surface area contributed by atoms with E-state index in [9.17, 15) is 0 Å². The van der Waals surface area contributed by atoms with Gasteiger partial charge in [0.05, 0.1) is 5.69 Å². The van der Waals surface area contributed by atoms with E-state index >= 15 is 0 Å². The Balaban J connectivity index is 1.82. The van der Waals surface area contributed by atoms with Crippen LogP contribution in [0.3, 0.4) is 0 Å². The quantitative estimate of drug-likeness (QED) is 0.389. The molecule has 0 atom stereocenters. The highest BCUT2D eigenvalue weighted by atomic mass is 28.3. The molecule has 4 rings (SSSR count). The van der Waals surface area contributed by atoms with Gasteiger partial charge in [0.25, 0.3) is 0 Å². The monoisotopic (exact) mass is 368 g/mol. The molecule has 0 aliphatic heterocycles. The van der Waals surface area contributed by atoms with Gasteiger partial charge >= 0.3 is 0 Å². The minimum atomic E-state index is -2.20. The van der Waals surface area contributed by atoms with Crippen LogP contribution in [0.25, 0.3) is 11.3 Å². The number of pyridine rings is 1. The molecule has 1 aromatic heterocycles. The van der Waals surface area contributed by atoms with Crippen molar-refractivity contribution in [3.05, 3.63) is 109 Å². The fourth-order valence-electron chi connectivity index (χ4n) is 3.60. The van der Waals surface area contributed by atoms with Gasteiger partial charge in [0.15, 0.2) is 0 Å². The van der Waals surface area contributed by atoms with E-state index in [4.69, 9.17) is 4.11 Å². The van der Waals surface area contributed by atoms with Gasteiger partial charge in [-0.25, -0.2) is 0 Å². The molecule has 132 valence electrons.